The Labute approximate surface area is 175 Å². The van der Waals surface area contributed by atoms with Crippen LogP contribution in [-0.4, -0.2) is 55.9 Å². The summed E-state index contributed by atoms with van der Waals surface area (Å²) >= 11 is 0. The first kappa shape index (κ1) is 20.1. The number of morpholine rings is 1. The molecule has 0 radical (unpaired) electrons. The second-order valence-corrected chi connectivity index (χ2v) is 7.09. The molecule has 7 heteroatoms. The number of carbonyl (C=O) groups excluding carboxylic acids is 1. The lowest BCUT2D eigenvalue weighted by Gasteiger charge is -2.35. The molecule has 1 atom stereocenters. The number of amides is 1. The molecule has 0 spiro atoms. The van der Waals surface area contributed by atoms with Crippen molar-refractivity contribution in [2.45, 2.75) is 6.04 Å². The maximum atomic E-state index is 12.7. The van der Waals surface area contributed by atoms with E-state index in [1.165, 1.54) is 0 Å². The quantitative estimate of drug-likeness (QED) is 0.648. The van der Waals surface area contributed by atoms with E-state index < -0.39 is 0 Å². The average Bonchev–Trinajstić information content (AvgIpc) is 3.31. The first-order valence-electron chi connectivity index (χ1n) is 10.0. The summed E-state index contributed by atoms with van der Waals surface area (Å²) in [6, 6.07) is 19.2. The molecule has 0 unspecified atom stereocenters. The highest BCUT2D eigenvalue weighted by Gasteiger charge is 2.24. The number of methoxy groups -OCH3 is 1. The Morgan fingerprint density at radius 2 is 1.93 bits per heavy atom. The van der Waals surface area contributed by atoms with E-state index in [1.54, 1.807) is 13.2 Å². The maximum absolute atomic E-state index is 12.7. The Hall–Kier alpha value is -3.16. The zero-order valence-electron chi connectivity index (χ0n) is 16.9. The van der Waals surface area contributed by atoms with Crippen molar-refractivity contribution in [3.63, 3.8) is 0 Å². The molecule has 1 amide bonds. The van der Waals surface area contributed by atoms with Crippen LogP contribution in [0.1, 0.15) is 22.1 Å². The summed E-state index contributed by atoms with van der Waals surface area (Å²) in [5.41, 5.74) is 2.23. The minimum Gasteiger partial charge on any atom is -0.497 e. The van der Waals surface area contributed by atoms with Crippen LogP contribution in [0.5, 0.6) is 5.75 Å². The fraction of sp³-hybridized carbons (Fsp3) is 0.304. The molecule has 1 aliphatic heterocycles. The highest BCUT2D eigenvalue weighted by Crippen LogP contribution is 2.25. The number of rotatable bonds is 7. The van der Waals surface area contributed by atoms with Gasteiger partial charge in [0, 0.05) is 31.3 Å². The summed E-state index contributed by atoms with van der Waals surface area (Å²) in [4.78, 5) is 15.0. The molecule has 7 nitrogen and oxygen atoms in total. The van der Waals surface area contributed by atoms with Gasteiger partial charge in [0.25, 0.3) is 5.91 Å². The van der Waals surface area contributed by atoms with Crippen molar-refractivity contribution in [3.05, 3.63) is 71.9 Å². The summed E-state index contributed by atoms with van der Waals surface area (Å²) in [6.45, 7) is 3.41. The molecule has 4 rings (SSSR count). The molecule has 156 valence electrons. The third-order valence-electron chi connectivity index (χ3n) is 5.22. The van der Waals surface area contributed by atoms with Crippen LogP contribution in [0.4, 0.5) is 0 Å². The molecule has 2 heterocycles. The topological polar surface area (TPSA) is 76.8 Å². The van der Waals surface area contributed by atoms with E-state index in [-0.39, 0.29) is 17.6 Å². The van der Waals surface area contributed by atoms with Gasteiger partial charge in [0.1, 0.15) is 5.75 Å². The Bertz CT molecular complexity index is 967. The fourth-order valence-corrected chi connectivity index (χ4v) is 3.60. The smallest absolute Gasteiger partial charge is 0.273 e. The van der Waals surface area contributed by atoms with Crippen molar-refractivity contribution >= 4 is 5.91 Å². The lowest BCUT2D eigenvalue weighted by Crippen LogP contribution is -2.43. The Morgan fingerprint density at radius 1 is 1.13 bits per heavy atom. The van der Waals surface area contributed by atoms with Crippen molar-refractivity contribution in [1.82, 2.24) is 15.4 Å². The van der Waals surface area contributed by atoms with Gasteiger partial charge in [-0.1, -0.05) is 47.6 Å². The molecule has 1 N–H and O–H groups in total. The van der Waals surface area contributed by atoms with Gasteiger partial charge < -0.3 is 19.3 Å². The van der Waals surface area contributed by atoms with E-state index in [2.05, 4.69) is 21.4 Å². The standard InChI is InChI=1S/C23H25N3O4/c1-28-19-9-5-8-18(14-19)21(26-10-12-29-13-11-26)16-24-23(27)20-15-22(30-25-20)17-6-3-2-4-7-17/h2-9,14-15,21H,10-13,16H2,1H3,(H,24,27)/t21-/m1/s1. The van der Waals surface area contributed by atoms with Crippen LogP contribution in [0.25, 0.3) is 11.3 Å². The number of nitrogens with one attached hydrogen (secondary N) is 1. The molecule has 0 saturated carbocycles. The summed E-state index contributed by atoms with van der Waals surface area (Å²) < 4.78 is 16.2. The van der Waals surface area contributed by atoms with E-state index in [9.17, 15) is 4.79 Å². The van der Waals surface area contributed by atoms with Crippen LogP contribution in [-0.2, 0) is 4.74 Å². The third kappa shape index (κ3) is 4.69. The van der Waals surface area contributed by atoms with Crippen LogP contribution in [0, 0.1) is 0 Å². The van der Waals surface area contributed by atoms with Gasteiger partial charge in [0.15, 0.2) is 11.5 Å². The minimum absolute atomic E-state index is 0.00782. The van der Waals surface area contributed by atoms with Gasteiger partial charge in [0.05, 0.1) is 26.4 Å². The molecule has 1 fully saturated rings. The number of nitrogens with zero attached hydrogens (tertiary/aromatic N) is 2. The fourth-order valence-electron chi connectivity index (χ4n) is 3.60. The summed E-state index contributed by atoms with van der Waals surface area (Å²) in [6.07, 6.45) is 0. The van der Waals surface area contributed by atoms with Crippen LogP contribution in [0.15, 0.2) is 65.2 Å². The largest absolute Gasteiger partial charge is 0.497 e. The highest BCUT2D eigenvalue weighted by atomic mass is 16.5. The molecule has 1 aromatic heterocycles. The summed E-state index contributed by atoms with van der Waals surface area (Å²) in [5, 5.41) is 6.95. The van der Waals surface area contributed by atoms with Gasteiger partial charge in [-0.25, -0.2) is 0 Å². The van der Waals surface area contributed by atoms with Gasteiger partial charge in [-0.3, -0.25) is 9.69 Å². The van der Waals surface area contributed by atoms with Crippen LogP contribution in [0.2, 0.25) is 0 Å². The third-order valence-corrected chi connectivity index (χ3v) is 5.22. The predicted octanol–water partition coefficient (Wildman–Crippen LogP) is 3.15. The molecule has 0 aliphatic carbocycles. The first-order valence-corrected chi connectivity index (χ1v) is 10.0. The van der Waals surface area contributed by atoms with Crippen LogP contribution < -0.4 is 10.1 Å². The SMILES string of the molecule is COc1cccc([C@@H](CNC(=O)c2cc(-c3ccccc3)on2)N2CCOCC2)c1. The number of hydrogen-bond donors (Lipinski definition) is 1. The van der Waals surface area contributed by atoms with Crippen molar-refractivity contribution in [3.8, 4) is 17.1 Å². The van der Waals surface area contributed by atoms with E-state index in [1.807, 2.05) is 48.5 Å². The Kier molecular flexibility index (Phi) is 6.41. The number of carbonyl (C=O) groups is 1. The van der Waals surface area contributed by atoms with Gasteiger partial charge in [0.2, 0.25) is 0 Å². The van der Waals surface area contributed by atoms with E-state index in [4.69, 9.17) is 14.0 Å². The first-order chi connectivity index (χ1) is 14.7. The molecule has 1 saturated heterocycles. The van der Waals surface area contributed by atoms with Crippen molar-refractivity contribution in [1.29, 1.82) is 0 Å². The zero-order valence-corrected chi connectivity index (χ0v) is 16.9. The minimum atomic E-state index is -0.262. The van der Waals surface area contributed by atoms with Crippen molar-refractivity contribution < 1.29 is 18.8 Å². The molecular formula is C23H25N3O4. The summed E-state index contributed by atoms with van der Waals surface area (Å²) in [7, 11) is 1.65. The van der Waals surface area contributed by atoms with Gasteiger partial charge in [-0.2, -0.15) is 0 Å². The molecule has 1 aliphatic rings. The lowest BCUT2D eigenvalue weighted by molar-refractivity contribution is 0.0162. The van der Waals surface area contributed by atoms with Gasteiger partial charge in [-0.15, -0.1) is 0 Å². The van der Waals surface area contributed by atoms with Crippen LogP contribution in [0.3, 0.4) is 0 Å². The number of aromatic nitrogens is 1. The molecule has 30 heavy (non-hydrogen) atoms. The molecule has 0 bridgehead atoms. The lowest BCUT2D eigenvalue weighted by atomic mass is 10.0. The van der Waals surface area contributed by atoms with E-state index >= 15 is 0 Å². The molecular weight excluding hydrogens is 382 g/mol. The van der Waals surface area contributed by atoms with Crippen LogP contribution >= 0.6 is 0 Å². The number of hydrogen-bond acceptors (Lipinski definition) is 6. The molecule has 3 aromatic rings. The second-order valence-electron chi connectivity index (χ2n) is 7.09. The highest BCUT2D eigenvalue weighted by molar-refractivity contribution is 5.93. The normalized spacial score (nSPS) is 15.5. The van der Waals surface area contributed by atoms with Crippen molar-refractivity contribution in [2.24, 2.45) is 0 Å². The van der Waals surface area contributed by atoms with Crippen molar-refractivity contribution in [2.75, 3.05) is 40.0 Å². The monoisotopic (exact) mass is 407 g/mol. The van der Waals surface area contributed by atoms with E-state index in [0.29, 0.717) is 25.5 Å². The second kappa shape index (κ2) is 9.56. The van der Waals surface area contributed by atoms with Gasteiger partial charge >= 0.3 is 0 Å². The van der Waals surface area contributed by atoms with E-state index in [0.717, 1.165) is 30.0 Å². The Morgan fingerprint density at radius 3 is 2.70 bits per heavy atom. The number of ether oxygens (including phenoxy) is 2. The Balaban J connectivity index is 1.48. The maximum Gasteiger partial charge on any atom is 0.273 e. The summed E-state index contributed by atoms with van der Waals surface area (Å²) in [5.74, 6) is 1.10. The average molecular weight is 407 g/mol. The zero-order chi connectivity index (χ0) is 20.8. The predicted molar refractivity (Wildman–Crippen MR) is 112 cm³/mol. The van der Waals surface area contributed by atoms with Gasteiger partial charge in [-0.05, 0) is 17.7 Å². The molecule has 2 aromatic carbocycles. The number of benzene rings is 2.